The van der Waals surface area contributed by atoms with Gasteiger partial charge in [0, 0.05) is 0 Å². The van der Waals surface area contributed by atoms with E-state index in [-0.39, 0.29) is 0 Å². The Morgan fingerprint density at radius 3 is 0.960 bits per heavy atom. The van der Waals surface area contributed by atoms with Gasteiger partial charge in [-0.3, -0.25) is 0 Å². The van der Waals surface area contributed by atoms with Crippen LogP contribution in [-0.4, -0.2) is 13.2 Å². The number of hydrogen-bond donors (Lipinski definition) is 0. The summed E-state index contributed by atoms with van der Waals surface area (Å²) in [4.78, 5) is 0. The lowest BCUT2D eigenvalue weighted by Crippen LogP contribution is -2.15. The van der Waals surface area contributed by atoms with Crippen LogP contribution in [0.4, 0.5) is 0 Å². The van der Waals surface area contributed by atoms with Crippen LogP contribution in [0.3, 0.4) is 0 Å². The first-order chi connectivity index (χ1) is 24.7. The normalized spacial score (nSPS) is 20.9. The zero-order valence-corrected chi connectivity index (χ0v) is 33.0. The van der Waals surface area contributed by atoms with Gasteiger partial charge in [-0.05, 0) is 84.7 Å². The number of ether oxygens (including phenoxy) is 2. The molecule has 2 fully saturated rings. The molecule has 0 aromatic heterocycles. The van der Waals surface area contributed by atoms with Crippen molar-refractivity contribution in [3.05, 3.63) is 48.5 Å². The Morgan fingerprint density at radius 2 is 0.640 bits per heavy atom. The number of unbranched alkanes of at least 4 members (excludes halogenated alkanes) is 12. The van der Waals surface area contributed by atoms with Gasteiger partial charge in [-0.1, -0.05) is 192 Å². The molecule has 50 heavy (non-hydrogen) atoms. The third-order valence-electron chi connectivity index (χ3n) is 12.5. The molecule has 0 aliphatic heterocycles. The Labute approximate surface area is 310 Å². The fraction of sp³-hybridized carbons (Fsp3) is 0.750. The molecular weight excluding hydrogens is 609 g/mol. The molecule has 2 nitrogen and oxygen atoms in total. The molecule has 282 valence electrons. The van der Waals surface area contributed by atoms with E-state index in [2.05, 4.69) is 62.4 Å². The van der Waals surface area contributed by atoms with Crippen molar-refractivity contribution >= 4 is 0 Å². The SMILES string of the molecule is CCCCCCCCC[C@H]1CC[C@H](CCCOc2ccc(-c3ccc(OCCC[C@H]4CC[C@H](CCCCCCCCC)CC4)cc3)cc2)CC1. The second-order valence-corrected chi connectivity index (χ2v) is 16.6. The Balaban J connectivity index is 0.991. The minimum absolute atomic E-state index is 0.837. The molecule has 2 aromatic carbocycles. The van der Waals surface area contributed by atoms with Crippen molar-refractivity contribution in [2.45, 2.75) is 194 Å². The van der Waals surface area contributed by atoms with Crippen LogP contribution < -0.4 is 9.47 Å². The zero-order chi connectivity index (χ0) is 34.9. The van der Waals surface area contributed by atoms with E-state index < -0.39 is 0 Å². The highest BCUT2D eigenvalue weighted by Gasteiger charge is 2.21. The highest BCUT2D eigenvalue weighted by atomic mass is 16.5. The maximum atomic E-state index is 6.15. The predicted molar refractivity (Wildman–Crippen MR) is 217 cm³/mol. The monoisotopic (exact) mass is 687 g/mol. The molecule has 0 saturated heterocycles. The lowest BCUT2D eigenvalue weighted by atomic mass is 9.78. The van der Waals surface area contributed by atoms with Crippen LogP contribution in [0.5, 0.6) is 11.5 Å². The van der Waals surface area contributed by atoms with E-state index in [0.717, 1.165) is 48.4 Å². The smallest absolute Gasteiger partial charge is 0.119 e. The molecule has 2 aliphatic rings. The lowest BCUT2D eigenvalue weighted by Gasteiger charge is -2.28. The molecule has 0 unspecified atom stereocenters. The van der Waals surface area contributed by atoms with Crippen molar-refractivity contribution in [2.75, 3.05) is 13.2 Å². The predicted octanol–water partition coefficient (Wildman–Crippen LogP) is 15.6. The summed E-state index contributed by atoms with van der Waals surface area (Å²) in [6, 6.07) is 17.3. The molecule has 0 spiro atoms. The molecule has 2 aliphatic carbocycles. The molecule has 2 saturated carbocycles. The molecule has 0 N–H and O–H groups in total. The molecule has 0 bridgehead atoms. The fourth-order valence-corrected chi connectivity index (χ4v) is 9.01. The third kappa shape index (κ3) is 17.0. The summed E-state index contributed by atoms with van der Waals surface area (Å²) in [5.41, 5.74) is 2.47. The molecule has 2 heteroatoms. The van der Waals surface area contributed by atoms with Crippen LogP contribution in [0.2, 0.25) is 0 Å². The molecule has 0 heterocycles. The van der Waals surface area contributed by atoms with Crippen molar-refractivity contribution in [2.24, 2.45) is 23.7 Å². The van der Waals surface area contributed by atoms with Gasteiger partial charge < -0.3 is 9.47 Å². The Kier molecular flexibility index (Phi) is 21.1. The van der Waals surface area contributed by atoms with Crippen molar-refractivity contribution in [1.29, 1.82) is 0 Å². The highest BCUT2D eigenvalue weighted by molar-refractivity contribution is 5.64. The van der Waals surface area contributed by atoms with Gasteiger partial charge in [0.15, 0.2) is 0 Å². The Morgan fingerprint density at radius 1 is 0.360 bits per heavy atom. The minimum atomic E-state index is 0.837. The molecule has 0 atom stereocenters. The molecule has 2 aromatic rings. The van der Waals surface area contributed by atoms with Crippen molar-refractivity contribution < 1.29 is 9.47 Å². The van der Waals surface area contributed by atoms with Gasteiger partial charge in [0.25, 0.3) is 0 Å². The number of benzene rings is 2. The van der Waals surface area contributed by atoms with Gasteiger partial charge in [-0.15, -0.1) is 0 Å². The molecule has 0 amide bonds. The summed E-state index contributed by atoms with van der Waals surface area (Å²) in [5, 5.41) is 0. The topological polar surface area (TPSA) is 18.5 Å². The van der Waals surface area contributed by atoms with Gasteiger partial charge in [0.1, 0.15) is 11.5 Å². The summed E-state index contributed by atoms with van der Waals surface area (Å²) in [7, 11) is 0. The van der Waals surface area contributed by atoms with Gasteiger partial charge in [-0.2, -0.15) is 0 Å². The third-order valence-corrected chi connectivity index (χ3v) is 12.5. The lowest BCUT2D eigenvalue weighted by molar-refractivity contribution is 0.228. The van der Waals surface area contributed by atoms with E-state index in [0.29, 0.717) is 0 Å². The van der Waals surface area contributed by atoms with Gasteiger partial charge in [-0.25, -0.2) is 0 Å². The maximum absolute atomic E-state index is 6.15. The zero-order valence-electron chi connectivity index (χ0n) is 33.0. The van der Waals surface area contributed by atoms with Crippen LogP contribution in [0.15, 0.2) is 48.5 Å². The quantitative estimate of drug-likeness (QED) is 0.0871. The molecule has 4 rings (SSSR count). The van der Waals surface area contributed by atoms with E-state index in [1.807, 2.05) is 0 Å². The van der Waals surface area contributed by atoms with Crippen LogP contribution in [-0.2, 0) is 0 Å². The van der Waals surface area contributed by atoms with Crippen LogP contribution in [0, 0.1) is 23.7 Å². The van der Waals surface area contributed by atoms with Crippen LogP contribution >= 0.6 is 0 Å². The van der Waals surface area contributed by atoms with Crippen molar-refractivity contribution in [3.63, 3.8) is 0 Å². The highest BCUT2D eigenvalue weighted by Crippen LogP contribution is 2.36. The standard InChI is InChI=1S/C48H78O2/c1-3-5-7-9-11-13-15-19-41-23-27-43(28-24-41)21-17-39-49-47-35-31-45(32-36-47)46-33-37-48(38-34-46)50-40-18-22-44-29-25-42(26-30-44)20-16-14-12-10-8-6-4-2/h31-38,41-44H,3-30,39-40H2,1-2H3/t41-,42-,43-,44-. The summed E-state index contributed by atoms with van der Waals surface area (Å²) < 4.78 is 12.3. The average Bonchev–Trinajstić information content (AvgIpc) is 3.16. The van der Waals surface area contributed by atoms with Gasteiger partial charge in [0.05, 0.1) is 13.2 Å². The second-order valence-electron chi connectivity index (χ2n) is 16.6. The van der Waals surface area contributed by atoms with E-state index in [9.17, 15) is 0 Å². The van der Waals surface area contributed by atoms with Crippen molar-refractivity contribution in [1.82, 2.24) is 0 Å². The minimum Gasteiger partial charge on any atom is -0.494 e. The summed E-state index contributed by atoms with van der Waals surface area (Å²) in [6.45, 7) is 6.29. The molecule has 0 radical (unpaired) electrons. The first-order valence-electron chi connectivity index (χ1n) is 22.2. The second kappa shape index (κ2) is 25.9. The van der Waals surface area contributed by atoms with Gasteiger partial charge >= 0.3 is 0 Å². The summed E-state index contributed by atoms with van der Waals surface area (Å²) in [6.07, 6.45) is 39.8. The summed E-state index contributed by atoms with van der Waals surface area (Å²) >= 11 is 0. The largest absolute Gasteiger partial charge is 0.494 e. The Hall–Kier alpha value is -1.96. The van der Waals surface area contributed by atoms with Gasteiger partial charge in [0.2, 0.25) is 0 Å². The Bertz CT molecular complexity index is 971. The van der Waals surface area contributed by atoms with Crippen LogP contribution in [0.1, 0.15) is 194 Å². The van der Waals surface area contributed by atoms with E-state index in [4.69, 9.17) is 9.47 Å². The number of rotatable bonds is 27. The van der Waals surface area contributed by atoms with Crippen molar-refractivity contribution in [3.8, 4) is 22.6 Å². The van der Waals surface area contributed by atoms with E-state index >= 15 is 0 Å². The van der Waals surface area contributed by atoms with Crippen LogP contribution in [0.25, 0.3) is 11.1 Å². The number of hydrogen-bond acceptors (Lipinski definition) is 2. The first-order valence-corrected chi connectivity index (χ1v) is 22.2. The summed E-state index contributed by atoms with van der Waals surface area (Å²) in [5.74, 6) is 5.85. The van der Waals surface area contributed by atoms with E-state index in [1.165, 1.54) is 191 Å². The van der Waals surface area contributed by atoms with E-state index in [1.54, 1.807) is 0 Å². The first kappa shape index (κ1) is 40.8. The fourth-order valence-electron chi connectivity index (χ4n) is 9.01. The maximum Gasteiger partial charge on any atom is 0.119 e. The molecular formula is C48H78O2. The average molecular weight is 687 g/mol.